The van der Waals surface area contributed by atoms with E-state index >= 15 is 0 Å². The second-order valence-corrected chi connectivity index (χ2v) is 7.56. The molecule has 1 amide bonds. The maximum Gasteiger partial charge on any atom is 0.253 e. The van der Waals surface area contributed by atoms with E-state index in [2.05, 4.69) is 22.6 Å². The summed E-state index contributed by atoms with van der Waals surface area (Å²) in [6.07, 6.45) is 3.64. The average Bonchev–Trinajstić information content (AvgIpc) is 3.39. The number of benzene rings is 1. The molecule has 1 aliphatic heterocycles. The van der Waals surface area contributed by atoms with Gasteiger partial charge in [0.15, 0.2) is 0 Å². The van der Waals surface area contributed by atoms with Gasteiger partial charge in [-0.15, -0.1) is 0 Å². The Bertz CT molecular complexity index is 804. The van der Waals surface area contributed by atoms with Crippen molar-refractivity contribution < 1.29 is 4.79 Å². The van der Waals surface area contributed by atoms with Crippen LogP contribution in [0.2, 0.25) is 0 Å². The van der Waals surface area contributed by atoms with E-state index in [0.29, 0.717) is 5.92 Å². The molecule has 0 N–H and O–H groups in total. The fraction of sp³-hybridized carbons (Fsp3) is 0.500. The van der Waals surface area contributed by atoms with Gasteiger partial charge in [0.05, 0.1) is 5.69 Å². The zero-order valence-corrected chi connectivity index (χ0v) is 15.3. The molecule has 2 aromatic rings. The highest BCUT2D eigenvalue weighted by molar-refractivity contribution is 5.94. The molecule has 1 fully saturated rings. The first kappa shape index (κ1) is 16.3. The summed E-state index contributed by atoms with van der Waals surface area (Å²) in [7, 11) is 5.75. The molecule has 5 nitrogen and oxygen atoms in total. The van der Waals surface area contributed by atoms with E-state index in [1.54, 1.807) is 19.0 Å². The summed E-state index contributed by atoms with van der Waals surface area (Å²) in [5.74, 6) is 2.03. The van der Waals surface area contributed by atoms with Gasteiger partial charge in [0.25, 0.3) is 5.91 Å². The smallest absolute Gasteiger partial charge is 0.253 e. The number of rotatable bonds is 4. The van der Waals surface area contributed by atoms with Crippen molar-refractivity contribution in [3.05, 3.63) is 52.6 Å². The first-order valence-corrected chi connectivity index (χ1v) is 9.10. The molecule has 1 aliphatic carbocycles. The van der Waals surface area contributed by atoms with Crippen LogP contribution in [-0.4, -0.2) is 45.9 Å². The molecule has 2 heterocycles. The zero-order valence-electron chi connectivity index (χ0n) is 15.3. The minimum atomic E-state index is 0.0570. The van der Waals surface area contributed by atoms with E-state index in [1.807, 2.05) is 18.2 Å². The van der Waals surface area contributed by atoms with E-state index in [0.717, 1.165) is 31.6 Å². The average molecular weight is 338 g/mol. The van der Waals surface area contributed by atoms with Crippen LogP contribution < -0.4 is 0 Å². The Balaban J connectivity index is 1.48. The molecular formula is C20H26N4O. The van der Waals surface area contributed by atoms with E-state index in [1.165, 1.54) is 35.6 Å². The summed E-state index contributed by atoms with van der Waals surface area (Å²) in [6.45, 7) is 2.81. The van der Waals surface area contributed by atoms with Crippen LogP contribution in [-0.2, 0) is 26.6 Å². The fourth-order valence-corrected chi connectivity index (χ4v) is 3.76. The van der Waals surface area contributed by atoms with Gasteiger partial charge >= 0.3 is 0 Å². The van der Waals surface area contributed by atoms with Gasteiger partial charge in [-0.3, -0.25) is 9.69 Å². The third-order valence-corrected chi connectivity index (χ3v) is 5.30. The van der Waals surface area contributed by atoms with Crippen molar-refractivity contribution in [2.24, 2.45) is 7.05 Å². The number of carbonyl (C=O) groups is 1. The highest BCUT2D eigenvalue weighted by atomic mass is 16.2. The van der Waals surface area contributed by atoms with Crippen molar-refractivity contribution in [3.8, 4) is 0 Å². The normalized spacial score (nSPS) is 17.4. The maximum atomic E-state index is 12.2. The van der Waals surface area contributed by atoms with Gasteiger partial charge in [0.2, 0.25) is 0 Å². The molecule has 4 rings (SSSR count). The Morgan fingerprint density at radius 2 is 2.12 bits per heavy atom. The first-order chi connectivity index (χ1) is 12.0. The Labute approximate surface area is 149 Å². The Morgan fingerprint density at radius 1 is 1.32 bits per heavy atom. The first-order valence-electron chi connectivity index (χ1n) is 9.10. The van der Waals surface area contributed by atoms with Crippen molar-refractivity contribution in [2.45, 2.75) is 38.3 Å². The van der Waals surface area contributed by atoms with Crippen LogP contribution in [0.1, 0.15) is 51.9 Å². The van der Waals surface area contributed by atoms with E-state index in [4.69, 9.17) is 4.98 Å². The van der Waals surface area contributed by atoms with Gasteiger partial charge in [-0.25, -0.2) is 4.98 Å². The molecule has 0 saturated heterocycles. The van der Waals surface area contributed by atoms with Gasteiger partial charge in [0.1, 0.15) is 5.82 Å². The highest BCUT2D eigenvalue weighted by Crippen LogP contribution is 2.40. The number of carbonyl (C=O) groups excluding carboxylic acids is 1. The number of imidazole rings is 1. The van der Waals surface area contributed by atoms with E-state index in [-0.39, 0.29) is 5.91 Å². The molecule has 0 spiro atoms. The molecule has 132 valence electrons. The molecule has 5 heteroatoms. The number of aromatic nitrogens is 2. The second kappa shape index (κ2) is 6.30. The molecule has 25 heavy (non-hydrogen) atoms. The predicted octanol–water partition coefficient (Wildman–Crippen LogP) is 2.56. The third kappa shape index (κ3) is 3.21. The fourth-order valence-electron chi connectivity index (χ4n) is 3.76. The lowest BCUT2D eigenvalue weighted by molar-refractivity contribution is 0.0827. The van der Waals surface area contributed by atoms with Crippen LogP contribution in [0.25, 0.3) is 0 Å². The Kier molecular flexibility index (Phi) is 4.12. The maximum absolute atomic E-state index is 12.2. The Morgan fingerprint density at radius 3 is 2.84 bits per heavy atom. The summed E-state index contributed by atoms with van der Waals surface area (Å²) in [5, 5.41) is 0. The number of nitrogens with zero attached hydrogens (tertiary/aromatic N) is 4. The van der Waals surface area contributed by atoms with Gasteiger partial charge in [-0.05, 0) is 30.5 Å². The molecule has 1 aromatic carbocycles. The SMILES string of the molecule is CN(C)C(=O)c1cccc(CN2CCc3c(nc(C4CC4)n3C)C2)c1. The third-order valence-electron chi connectivity index (χ3n) is 5.30. The Hall–Kier alpha value is -2.14. The zero-order chi connectivity index (χ0) is 17.6. The molecule has 1 aromatic heterocycles. The largest absolute Gasteiger partial charge is 0.345 e. The summed E-state index contributed by atoms with van der Waals surface area (Å²) < 4.78 is 2.33. The minimum Gasteiger partial charge on any atom is -0.345 e. The lowest BCUT2D eigenvalue weighted by atomic mass is 10.1. The van der Waals surface area contributed by atoms with Crippen LogP contribution in [0.4, 0.5) is 0 Å². The van der Waals surface area contributed by atoms with Gasteiger partial charge in [0, 0.05) is 64.4 Å². The van der Waals surface area contributed by atoms with Gasteiger partial charge < -0.3 is 9.47 Å². The second-order valence-electron chi connectivity index (χ2n) is 7.56. The van der Waals surface area contributed by atoms with Crippen LogP contribution >= 0.6 is 0 Å². The summed E-state index contributed by atoms with van der Waals surface area (Å²) in [4.78, 5) is 21.2. The van der Waals surface area contributed by atoms with E-state index in [9.17, 15) is 4.79 Å². The van der Waals surface area contributed by atoms with E-state index < -0.39 is 0 Å². The molecule has 1 saturated carbocycles. The highest BCUT2D eigenvalue weighted by Gasteiger charge is 2.31. The molecular weight excluding hydrogens is 312 g/mol. The summed E-state index contributed by atoms with van der Waals surface area (Å²) in [5.41, 5.74) is 4.61. The molecule has 0 unspecified atom stereocenters. The van der Waals surface area contributed by atoms with Gasteiger partial charge in [-0.2, -0.15) is 0 Å². The van der Waals surface area contributed by atoms with Crippen LogP contribution in [0.15, 0.2) is 24.3 Å². The molecule has 0 bridgehead atoms. The van der Waals surface area contributed by atoms with Crippen LogP contribution in [0.3, 0.4) is 0 Å². The number of fused-ring (bicyclic) bond motifs is 1. The molecule has 0 radical (unpaired) electrons. The van der Waals surface area contributed by atoms with Crippen molar-refractivity contribution in [3.63, 3.8) is 0 Å². The standard InChI is InChI=1S/C20H26N4O/c1-22(2)20(25)16-6-4-5-14(11-16)12-24-10-9-18-17(13-24)21-19(23(18)3)15-7-8-15/h4-6,11,15H,7-10,12-13H2,1-3H3. The lowest BCUT2D eigenvalue weighted by Crippen LogP contribution is -2.31. The monoisotopic (exact) mass is 338 g/mol. The topological polar surface area (TPSA) is 41.4 Å². The quantitative estimate of drug-likeness (QED) is 0.860. The number of hydrogen-bond donors (Lipinski definition) is 0. The van der Waals surface area contributed by atoms with Crippen molar-refractivity contribution >= 4 is 5.91 Å². The minimum absolute atomic E-state index is 0.0570. The van der Waals surface area contributed by atoms with Gasteiger partial charge in [-0.1, -0.05) is 12.1 Å². The number of amides is 1. The predicted molar refractivity (Wildman–Crippen MR) is 97.5 cm³/mol. The van der Waals surface area contributed by atoms with Crippen LogP contribution in [0, 0.1) is 0 Å². The van der Waals surface area contributed by atoms with Crippen molar-refractivity contribution in [2.75, 3.05) is 20.6 Å². The lowest BCUT2D eigenvalue weighted by Gasteiger charge is -2.26. The van der Waals surface area contributed by atoms with Crippen molar-refractivity contribution in [1.29, 1.82) is 0 Å². The summed E-state index contributed by atoms with van der Waals surface area (Å²) in [6, 6.07) is 8.00. The molecule has 2 aliphatic rings. The van der Waals surface area contributed by atoms with Crippen molar-refractivity contribution in [1.82, 2.24) is 19.4 Å². The molecule has 0 atom stereocenters. The van der Waals surface area contributed by atoms with Crippen LogP contribution in [0.5, 0.6) is 0 Å². The summed E-state index contributed by atoms with van der Waals surface area (Å²) >= 11 is 0. The number of hydrogen-bond acceptors (Lipinski definition) is 3.